The summed E-state index contributed by atoms with van der Waals surface area (Å²) in [5, 5.41) is 3.68. The minimum absolute atomic E-state index is 0.0143. The zero-order chi connectivity index (χ0) is 20.9. The number of anilines is 1. The second-order valence-corrected chi connectivity index (χ2v) is 7.03. The molecule has 0 aromatic heterocycles. The molecule has 7 heteroatoms. The minimum Gasteiger partial charge on any atom is -0.490 e. The van der Waals surface area contributed by atoms with E-state index in [1.807, 2.05) is 43.3 Å². The maximum atomic E-state index is 14.0. The van der Waals surface area contributed by atoms with Crippen LogP contribution in [0.3, 0.4) is 0 Å². The van der Waals surface area contributed by atoms with Gasteiger partial charge in [0.25, 0.3) is 0 Å². The number of hydrogen-bond acceptors (Lipinski definition) is 5. The molecule has 5 nitrogen and oxygen atoms in total. The molecule has 4 rings (SSSR count). The number of ether oxygens (including phenoxy) is 4. The van der Waals surface area contributed by atoms with E-state index in [2.05, 4.69) is 5.32 Å². The lowest BCUT2D eigenvalue weighted by atomic mass is 10.2. The van der Waals surface area contributed by atoms with E-state index in [-0.39, 0.29) is 13.4 Å². The van der Waals surface area contributed by atoms with E-state index in [9.17, 15) is 4.39 Å². The van der Waals surface area contributed by atoms with Gasteiger partial charge in [-0.2, -0.15) is 0 Å². The molecule has 0 saturated heterocycles. The summed E-state index contributed by atoms with van der Waals surface area (Å²) < 4.78 is 36.3. The molecule has 0 spiro atoms. The van der Waals surface area contributed by atoms with Gasteiger partial charge in [0.1, 0.15) is 12.4 Å². The molecule has 0 aliphatic carbocycles. The van der Waals surface area contributed by atoms with Crippen molar-refractivity contribution in [2.24, 2.45) is 0 Å². The van der Waals surface area contributed by atoms with Crippen molar-refractivity contribution in [3.05, 3.63) is 76.6 Å². The fourth-order valence-electron chi connectivity index (χ4n) is 3.08. The summed E-state index contributed by atoms with van der Waals surface area (Å²) in [5.74, 6) is 2.20. The van der Waals surface area contributed by atoms with Crippen molar-refractivity contribution in [1.29, 1.82) is 0 Å². The predicted octanol–water partition coefficient (Wildman–Crippen LogP) is 5.80. The van der Waals surface area contributed by atoms with Crippen LogP contribution in [0, 0.1) is 5.82 Å². The largest absolute Gasteiger partial charge is 0.490 e. The average molecular weight is 430 g/mol. The van der Waals surface area contributed by atoms with Gasteiger partial charge in [0.15, 0.2) is 23.0 Å². The first-order valence-corrected chi connectivity index (χ1v) is 9.96. The number of rotatable bonds is 8. The lowest BCUT2D eigenvalue weighted by Crippen LogP contribution is -2.04. The van der Waals surface area contributed by atoms with E-state index in [0.717, 1.165) is 22.7 Å². The van der Waals surface area contributed by atoms with Gasteiger partial charge < -0.3 is 24.3 Å². The highest BCUT2D eigenvalue weighted by Gasteiger charge is 2.14. The van der Waals surface area contributed by atoms with Gasteiger partial charge in [-0.1, -0.05) is 23.7 Å². The molecule has 0 bridgehead atoms. The second-order valence-electron chi connectivity index (χ2n) is 6.62. The van der Waals surface area contributed by atoms with E-state index in [0.29, 0.717) is 35.2 Å². The van der Waals surface area contributed by atoms with E-state index in [1.54, 1.807) is 12.1 Å². The Morgan fingerprint density at radius 1 is 1.00 bits per heavy atom. The molecule has 0 amide bonds. The molecule has 1 N–H and O–H groups in total. The third-order valence-corrected chi connectivity index (χ3v) is 4.96. The fourth-order valence-corrected chi connectivity index (χ4v) is 3.30. The van der Waals surface area contributed by atoms with Gasteiger partial charge in [-0.15, -0.1) is 0 Å². The summed E-state index contributed by atoms with van der Waals surface area (Å²) in [6.07, 6.45) is 0. The third kappa shape index (κ3) is 4.54. The first-order valence-electron chi connectivity index (χ1n) is 9.59. The van der Waals surface area contributed by atoms with Crippen LogP contribution < -0.4 is 24.3 Å². The first-order chi connectivity index (χ1) is 14.6. The summed E-state index contributed by atoms with van der Waals surface area (Å²) in [6, 6.07) is 15.9. The number of halogens is 2. The Hall–Kier alpha value is -3.12. The molecule has 1 aliphatic heterocycles. The molecule has 3 aromatic rings. The maximum Gasteiger partial charge on any atom is 0.231 e. The summed E-state index contributed by atoms with van der Waals surface area (Å²) in [5.41, 5.74) is 2.24. The normalized spacial score (nSPS) is 12.0. The SMILES string of the molecule is CCOc1cc(CNc2ccc3c(c2)OCO3)ccc1OCc1c(F)cccc1Cl. The summed E-state index contributed by atoms with van der Waals surface area (Å²) in [6.45, 7) is 3.22. The van der Waals surface area contributed by atoms with Crippen LogP contribution in [0.2, 0.25) is 5.02 Å². The lowest BCUT2D eigenvalue weighted by Gasteiger charge is -2.15. The molecule has 1 heterocycles. The van der Waals surface area contributed by atoms with Crippen molar-refractivity contribution >= 4 is 17.3 Å². The molecule has 0 unspecified atom stereocenters. The quantitative estimate of drug-likeness (QED) is 0.490. The van der Waals surface area contributed by atoms with Crippen molar-refractivity contribution < 1.29 is 23.3 Å². The first kappa shape index (κ1) is 20.2. The van der Waals surface area contributed by atoms with Gasteiger partial charge in [-0.25, -0.2) is 4.39 Å². The summed E-state index contributed by atoms with van der Waals surface area (Å²) in [7, 11) is 0. The van der Waals surface area contributed by atoms with Crippen molar-refractivity contribution in [3.63, 3.8) is 0 Å². The van der Waals surface area contributed by atoms with Crippen LogP contribution in [0.5, 0.6) is 23.0 Å². The van der Waals surface area contributed by atoms with Crippen LogP contribution in [0.25, 0.3) is 0 Å². The highest BCUT2D eigenvalue weighted by Crippen LogP contribution is 2.35. The smallest absolute Gasteiger partial charge is 0.231 e. The van der Waals surface area contributed by atoms with Crippen molar-refractivity contribution in [2.45, 2.75) is 20.1 Å². The van der Waals surface area contributed by atoms with Crippen molar-refractivity contribution in [1.82, 2.24) is 0 Å². The Morgan fingerprint density at radius 3 is 2.70 bits per heavy atom. The van der Waals surface area contributed by atoms with Gasteiger partial charge in [-0.3, -0.25) is 0 Å². The number of hydrogen-bond donors (Lipinski definition) is 1. The summed E-state index contributed by atoms with van der Waals surface area (Å²) in [4.78, 5) is 0. The summed E-state index contributed by atoms with van der Waals surface area (Å²) >= 11 is 6.08. The molecule has 0 radical (unpaired) electrons. The van der Waals surface area contributed by atoms with Crippen LogP contribution in [0.4, 0.5) is 10.1 Å². The molecule has 0 fully saturated rings. The Labute approximate surface area is 179 Å². The van der Waals surface area contributed by atoms with Gasteiger partial charge in [0, 0.05) is 23.9 Å². The van der Waals surface area contributed by atoms with Crippen LogP contribution in [-0.4, -0.2) is 13.4 Å². The second kappa shape index (κ2) is 9.13. The minimum atomic E-state index is -0.398. The number of fused-ring (bicyclic) bond motifs is 1. The molecule has 0 atom stereocenters. The van der Waals surface area contributed by atoms with Crippen molar-refractivity contribution in [3.8, 4) is 23.0 Å². The molecule has 156 valence electrons. The lowest BCUT2D eigenvalue weighted by molar-refractivity contribution is 0.174. The standard InChI is InChI=1S/C23H21ClFNO4/c1-2-27-22-10-15(12-26-16-7-9-21-23(11-16)30-14-29-21)6-8-20(22)28-13-17-18(24)4-3-5-19(17)25/h3-11,26H,2,12-14H2,1H3. The Morgan fingerprint density at radius 2 is 1.87 bits per heavy atom. The maximum absolute atomic E-state index is 14.0. The highest BCUT2D eigenvalue weighted by atomic mass is 35.5. The van der Waals surface area contributed by atoms with E-state index >= 15 is 0 Å². The Bertz CT molecular complexity index is 1020. The Balaban J connectivity index is 1.44. The topological polar surface area (TPSA) is 49.0 Å². The number of nitrogens with one attached hydrogen (secondary N) is 1. The van der Waals surface area contributed by atoms with E-state index in [4.69, 9.17) is 30.5 Å². The van der Waals surface area contributed by atoms with E-state index < -0.39 is 5.82 Å². The zero-order valence-corrected chi connectivity index (χ0v) is 17.2. The molecular weight excluding hydrogens is 409 g/mol. The number of benzene rings is 3. The fraction of sp³-hybridized carbons (Fsp3) is 0.217. The van der Waals surface area contributed by atoms with Crippen LogP contribution in [-0.2, 0) is 13.2 Å². The van der Waals surface area contributed by atoms with Gasteiger partial charge in [-0.05, 0) is 48.9 Å². The van der Waals surface area contributed by atoms with Crippen LogP contribution >= 0.6 is 11.6 Å². The predicted molar refractivity (Wildman–Crippen MR) is 113 cm³/mol. The molecule has 0 saturated carbocycles. The third-order valence-electron chi connectivity index (χ3n) is 4.61. The molecular formula is C23H21ClFNO4. The monoisotopic (exact) mass is 429 g/mol. The average Bonchev–Trinajstić information content (AvgIpc) is 3.21. The van der Waals surface area contributed by atoms with Gasteiger partial charge in [0.2, 0.25) is 6.79 Å². The van der Waals surface area contributed by atoms with E-state index in [1.165, 1.54) is 6.07 Å². The zero-order valence-electron chi connectivity index (χ0n) is 16.4. The van der Waals surface area contributed by atoms with Gasteiger partial charge >= 0.3 is 0 Å². The molecule has 30 heavy (non-hydrogen) atoms. The Kier molecular flexibility index (Phi) is 6.14. The van der Waals surface area contributed by atoms with Crippen molar-refractivity contribution in [2.75, 3.05) is 18.7 Å². The van der Waals surface area contributed by atoms with Crippen LogP contribution in [0.15, 0.2) is 54.6 Å². The van der Waals surface area contributed by atoms with Gasteiger partial charge in [0.05, 0.1) is 11.6 Å². The molecule has 1 aliphatic rings. The highest BCUT2D eigenvalue weighted by molar-refractivity contribution is 6.31. The molecule has 3 aromatic carbocycles. The van der Waals surface area contributed by atoms with Crippen LogP contribution in [0.1, 0.15) is 18.1 Å².